The number of pyridine rings is 1. The van der Waals surface area contributed by atoms with Gasteiger partial charge in [0.05, 0.1) is 21.3 Å². The van der Waals surface area contributed by atoms with Crippen molar-refractivity contribution in [3.63, 3.8) is 0 Å². The Morgan fingerprint density at radius 1 is 1.04 bits per heavy atom. The summed E-state index contributed by atoms with van der Waals surface area (Å²) in [6.07, 6.45) is 6.94. The number of likely N-dealkylation sites (tertiary alicyclic amines) is 2. The highest BCUT2D eigenvalue weighted by atomic mass is 32.1. The quantitative estimate of drug-likeness (QED) is 0.219. The molecule has 2 amide bonds. The second-order valence-corrected chi connectivity index (χ2v) is 16.8. The highest BCUT2D eigenvalue weighted by Gasteiger charge is 2.56. The molecule has 2 bridgehead atoms. The maximum atomic E-state index is 11.4. The number of aromatic nitrogens is 4. The van der Waals surface area contributed by atoms with Crippen LogP contribution < -0.4 is 5.32 Å². The largest absolute Gasteiger partial charge is 0.387 e. The van der Waals surface area contributed by atoms with Crippen molar-refractivity contribution in [3.05, 3.63) is 56.1 Å². The molecule has 12 nitrogen and oxygen atoms in total. The number of piperazine rings is 1. The van der Waals surface area contributed by atoms with Gasteiger partial charge in [0.25, 0.3) is 0 Å². The zero-order valence-electron chi connectivity index (χ0n) is 29.2. The number of amides is 2. The van der Waals surface area contributed by atoms with Gasteiger partial charge in [-0.3, -0.25) is 14.5 Å². The second-order valence-electron chi connectivity index (χ2n) is 13.9. The van der Waals surface area contributed by atoms with Crippen molar-refractivity contribution >= 4 is 57.3 Å². The predicted molar refractivity (Wildman–Crippen MR) is 198 cm³/mol. The van der Waals surface area contributed by atoms with Gasteiger partial charge in [-0.15, -0.1) is 34.0 Å². The Bertz CT molecular complexity index is 1730. The van der Waals surface area contributed by atoms with E-state index in [1.807, 2.05) is 56.3 Å². The van der Waals surface area contributed by atoms with E-state index in [1.165, 1.54) is 35.5 Å². The number of hydrogen-bond donors (Lipinski definition) is 3. The number of anilines is 2. The lowest BCUT2D eigenvalue weighted by molar-refractivity contribution is -0.162. The molecule has 4 fully saturated rings. The minimum Gasteiger partial charge on any atom is -0.387 e. The van der Waals surface area contributed by atoms with Gasteiger partial charge in [0, 0.05) is 72.4 Å². The summed E-state index contributed by atoms with van der Waals surface area (Å²) in [5.41, 5.74) is 4.35. The molecule has 15 heteroatoms. The molecule has 4 aromatic rings. The van der Waals surface area contributed by atoms with E-state index < -0.39 is 6.10 Å². The van der Waals surface area contributed by atoms with Crippen molar-refractivity contribution in [1.29, 1.82) is 0 Å². The standard InChI is InChI=1S/C15H16N4OS2.C15H23N3O3.C5H7NS/c1-8-4-5-12(16-6-8)19-15-18-11(7-21-15)13-9(2)17-14(22-13)10(3)20;19-7-14(21)17-8-15(9-17)3-13(4-15)16-5-11-1-2-12(6-16)18(11)10-20;1-4-3-7-5(2)6-4/h4-7,10,20H,1-3H3,(H,16,18,19);10-13,19H,1-9H2;3H,1-2H3/t;11-,12+;. The van der Waals surface area contributed by atoms with Crippen molar-refractivity contribution in [2.45, 2.75) is 84.5 Å². The van der Waals surface area contributed by atoms with E-state index in [0.717, 1.165) is 93.9 Å². The molecule has 7 heterocycles. The molecule has 1 spiro atoms. The monoisotopic (exact) mass is 738 g/mol. The zero-order chi connectivity index (χ0) is 35.6. The molecule has 1 aliphatic carbocycles. The summed E-state index contributed by atoms with van der Waals surface area (Å²) in [6.45, 7) is 13.0. The molecule has 8 rings (SSSR count). The first-order valence-electron chi connectivity index (χ1n) is 17.0. The number of aryl methyl sites for hydroxylation is 4. The lowest BCUT2D eigenvalue weighted by atomic mass is 9.60. The van der Waals surface area contributed by atoms with E-state index in [4.69, 9.17) is 5.11 Å². The minimum absolute atomic E-state index is 0.137. The fraction of sp³-hybridized carbons (Fsp3) is 0.543. The lowest BCUT2D eigenvalue weighted by Crippen LogP contribution is -2.69. The molecule has 1 saturated carbocycles. The SMILES string of the molecule is Cc1ccc(Nc2nc(-c3sc(C(C)O)nc3C)cs2)nc1.Cc1csc(C)n1.O=CN1[C@@H]2CC[C@H]1CN(C1CC3(C1)CN(C(=O)CO)C3)C2. The van der Waals surface area contributed by atoms with Crippen LogP contribution in [0.2, 0.25) is 0 Å². The third-order valence-electron chi connectivity index (χ3n) is 9.87. The molecule has 4 aliphatic rings. The molecule has 268 valence electrons. The number of aliphatic hydroxyl groups is 2. The van der Waals surface area contributed by atoms with Gasteiger partial charge in [0.2, 0.25) is 12.3 Å². The first kappa shape index (κ1) is 36.5. The summed E-state index contributed by atoms with van der Waals surface area (Å²) in [6, 6.07) is 5.41. The fourth-order valence-corrected chi connectivity index (χ4v) is 9.66. The van der Waals surface area contributed by atoms with Crippen LogP contribution in [0, 0.1) is 33.1 Å². The van der Waals surface area contributed by atoms with Gasteiger partial charge in [-0.05, 0) is 71.9 Å². The Hall–Kier alpha value is -3.34. The van der Waals surface area contributed by atoms with Gasteiger partial charge in [-0.25, -0.2) is 19.9 Å². The summed E-state index contributed by atoms with van der Waals surface area (Å²) < 4.78 is 0. The highest BCUT2D eigenvalue weighted by Crippen LogP contribution is 2.51. The van der Waals surface area contributed by atoms with Crippen LogP contribution in [-0.4, -0.2) is 108 Å². The van der Waals surface area contributed by atoms with Gasteiger partial charge in [-0.2, -0.15) is 0 Å². The molecule has 3 N–H and O–H groups in total. The van der Waals surface area contributed by atoms with Crippen LogP contribution in [0.3, 0.4) is 0 Å². The number of aliphatic hydroxyl groups excluding tert-OH is 2. The number of fused-ring (bicyclic) bond motifs is 2. The molecular weight excluding hydrogens is 693 g/mol. The maximum absolute atomic E-state index is 11.4. The molecule has 3 atom stereocenters. The van der Waals surface area contributed by atoms with Crippen LogP contribution in [0.15, 0.2) is 29.1 Å². The van der Waals surface area contributed by atoms with Gasteiger partial charge in [0.1, 0.15) is 23.5 Å². The van der Waals surface area contributed by atoms with E-state index in [0.29, 0.717) is 23.5 Å². The van der Waals surface area contributed by atoms with Crippen molar-refractivity contribution in [2.24, 2.45) is 5.41 Å². The Morgan fingerprint density at radius 3 is 2.28 bits per heavy atom. The molecule has 3 saturated heterocycles. The molecule has 0 radical (unpaired) electrons. The van der Waals surface area contributed by atoms with Crippen LogP contribution in [0.25, 0.3) is 10.6 Å². The second kappa shape index (κ2) is 15.5. The van der Waals surface area contributed by atoms with Gasteiger partial charge < -0.3 is 25.3 Å². The van der Waals surface area contributed by atoms with Crippen LogP contribution in [0.1, 0.15) is 65.7 Å². The van der Waals surface area contributed by atoms with E-state index in [9.17, 15) is 14.7 Å². The smallest absolute Gasteiger partial charge is 0.248 e. The van der Waals surface area contributed by atoms with Crippen LogP contribution in [0.5, 0.6) is 0 Å². The molecule has 3 aliphatic heterocycles. The minimum atomic E-state index is -0.551. The fourth-order valence-electron chi connectivity index (χ4n) is 7.33. The summed E-state index contributed by atoms with van der Waals surface area (Å²) >= 11 is 4.70. The number of rotatable bonds is 7. The normalized spacial score (nSPS) is 21.3. The van der Waals surface area contributed by atoms with E-state index in [2.05, 4.69) is 35.5 Å². The van der Waals surface area contributed by atoms with Crippen molar-refractivity contribution in [2.75, 3.05) is 38.1 Å². The van der Waals surface area contributed by atoms with Crippen LogP contribution in [0.4, 0.5) is 10.9 Å². The molecule has 50 heavy (non-hydrogen) atoms. The van der Waals surface area contributed by atoms with Gasteiger partial charge >= 0.3 is 0 Å². The average molecular weight is 739 g/mol. The third kappa shape index (κ3) is 8.24. The zero-order valence-corrected chi connectivity index (χ0v) is 31.7. The molecule has 0 aromatic carbocycles. The maximum Gasteiger partial charge on any atom is 0.248 e. The number of hydrogen-bond acceptors (Lipinski definition) is 13. The number of nitrogens with one attached hydrogen (secondary N) is 1. The van der Waals surface area contributed by atoms with Crippen molar-refractivity contribution < 1.29 is 19.8 Å². The average Bonchev–Trinajstić information content (AvgIpc) is 3.83. The third-order valence-corrected chi connectivity index (χ3v) is 12.9. The van der Waals surface area contributed by atoms with Crippen molar-refractivity contribution in [3.8, 4) is 10.6 Å². The Balaban J connectivity index is 0.000000145. The Labute approximate surface area is 305 Å². The summed E-state index contributed by atoms with van der Waals surface area (Å²) in [4.78, 5) is 47.3. The summed E-state index contributed by atoms with van der Waals surface area (Å²) in [5.74, 6) is 0.638. The molecular formula is C35H46N8O4S3. The Kier molecular flexibility index (Phi) is 11.3. The number of carbonyl (C=O) groups excluding carboxylic acids is 2. The first-order valence-corrected chi connectivity index (χ1v) is 19.6. The Morgan fingerprint density at radius 2 is 1.76 bits per heavy atom. The van der Waals surface area contributed by atoms with Crippen LogP contribution in [-0.2, 0) is 9.59 Å². The number of thiazole rings is 3. The van der Waals surface area contributed by atoms with Gasteiger partial charge in [-0.1, -0.05) is 6.07 Å². The topological polar surface area (TPSA) is 148 Å². The van der Waals surface area contributed by atoms with Crippen molar-refractivity contribution in [1.82, 2.24) is 34.6 Å². The van der Waals surface area contributed by atoms with Gasteiger partial charge in [0.15, 0.2) is 5.13 Å². The lowest BCUT2D eigenvalue weighted by Gasteiger charge is -2.62. The summed E-state index contributed by atoms with van der Waals surface area (Å²) in [5, 5.41) is 28.4. The summed E-state index contributed by atoms with van der Waals surface area (Å²) in [7, 11) is 0. The van der Waals surface area contributed by atoms with E-state index in [-0.39, 0.29) is 12.5 Å². The van der Waals surface area contributed by atoms with Crippen LogP contribution >= 0.6 is 34.0 Å². The molecule has 4 aromatic heterocycles. The van der Waals surface area contributed by atoms with E-state index >= 15 is 0 Å². The van der Waals surface area contributed by atoms with E-state index in [1.54, 1.807) is 23.2 Å². The molecule has 1 unspecified atom stereocenters. The predicted octanol–water partition coefficient (Wildman–Crippen LogP) is 5.11. The first-order chi connectivity index (χ1) is 24.0. The number of carbonyl (C=O) groups is 2. The highest BCUT2D eigenvalue weighted by molar-refractivity contribution is 7.17. The number of nitrogens with zero attached hydrogens (tertiary/aromatic N) is 7.